The minimum absolute atomic E-state index is 0.293. The molecule has 0 spiro atoms. The smallest absolute Gasteiger partial charge is 0.209 e. The van der Waals surface area contributed by atoms with Crippen molar-refractivity contribution in [2.45, 2.75) is 5.88 Å². The second kappa shape index (κ2) is 4.84. The molecule has 2 aromatic rings. The lowest BCUT2D eigenvalue weighted by molar-refractivity contribution is 0.528. The van der Waals surface area contributed by atoms with Crippen LogP contribution in [0.4, 0.5) is 0 Å². The third kappa shape index (κ3) is 2.54. The van der Waals surface area contributed by atoms with E-state index in [0.717, 1.165) is 19.4 Å². The van der Waals surface area contributed by atoms with E-state index in [9.17, 15) is 0 Å². The molecule has 0 aliphatic rings. The molecule has 0 unspecified atom stereocenters. The highest BCUT2D eigenvalue weighted by Crippen LogP contribution is 2.30. The van der Waals surface area contributed by atoms with Gasteiger partial charge in [0.2, 0.25) is 5.89 Å². The Morgan fingerprint density at radius 1 is 1.47 bits per heavy atom. The topological polar surface area (TPSA) is 26.0 Å². The molecule has 5 heteroatoms. The first-order valence-corrected chi connectivity index (χ1v) is 6.57. The maximum atomic E-state index is 5.63. The van der Waals surface area contributed by atoms with Crippen molar-refractivity contribution in [1.29, 1.82) is 0 Å². The third-order valence-electron chi connectivity index (χ3n) is 1.86. The van der Waals surface area contributed by atoms with E-state index in [0.29, 0.717) is 11.8 Å². The number of nitrogens with zero attached hydrogens (tertiary/aromatic N) is 1. The summed E-state index contributed by atoms with van der Waals surface area (Å²) in [5, 5.41) is 0. The van der Waals surface area contributed by atoms with Crippen molar-refractivity contribution in [3.05, 3.63) is 38.3 Å². The van der Waals surface area contributed by atoms with Crippen LogP contribution in [0.15, 0.2) is 33.3 Å². The SMILES string of the molecule is ClCc1ncc(-c2cc(I)ccc2Br)o1. The number of aromatic nitrogens is 1. The molecule has 0 aliphatic carbocycles. The van der Waals surface area contributed by atoms with Crippen LogP contribution >= 0.6 is 50.1 Å². The Balaban J connectivity index is 2.48. The molecule has 1 aromatic heterocycles. The van der Waals surface area contributed by atoms with Gasteiger partial charge in [-0.2, -0.15) is 0 Å². The quantitative estimate of drug-likeness (QED) is 0.552. The first-order valence-electron chi connectivity index (χ1n) is 4.17. The zero-order chi connectivity index (χ0) is 10.8. The van der Waals surface area contributed by atoms with Crippen LogP contribution in [-0.4, -0.2) is 4.98 Å². The number of rotatable bonds is 2. The third-order valence-corrected chi connectivity index (χ3v) is 3.45. The van der Waals surface area contributed by atoms with E-state index in [4.69, 9.17) is 16.0 Å². The first-order chi connectivity index (χ1) is 7.20. The molecule has 0 amide bonds. The number of alkyl halides is 1. The molecule has 0 saturated carbocycles. The highest BCUT2D eigenvalue weighted by Gasteiger charge is 2.09. The van der Waals surface area contributed by atoms with Gasteiger partial charge in [0.1, 0.15) is 0 Å². The zero-order valence-electron chi connectivity index (χ0n) is 7.51. The molecule has 78 valence electrons. The van der Waals surface area contributed by atoms with Crippen LogP contribution < -0.4 is 0 Å². The summed E-state index contributed by atoms with van der Waals surface area (Å²) in [7, 11) is 0. The summed E-state index contributed by atoms with van der Waals surface area (Å²) in [4.78, 5) is 4.06. The van der Waals surface area contributed by atoms with Gasteiger partial charge >= 0.3 is 0 Å². The van der Waals surface area contributed by atoms with Crippen molar-refractivity contribution < 1.29 is 4.42 Å². The summed E-state index contributed by atoms with van der Waals surface area (Å²) in [5.74, 6) is 1.56. The number of hydrogen-bond donors (Lipinski definition) is 0. The highest BCUT2D eigenvalue weighted by atomic mass is 127. The standard InChI is InChI=1S/C10H6BrClINO/c11-8-2-1-6(13)3-7(8)9-5-14-10(4-12)15-9/h1-3,5H,4H2. The Labute approximate surface area is 114 Å². The fourth-order valence-electron chi connectivity index (χ4n) is 1.18. The number of oxazole rings is 1. The average Bonchev–Trinajstić information content (AvgIpc) is 2.70. The van der Waals surface area contributed by atoms with Gasteiger partial charge in [-0.05, 0) is 40.8 Å². The predicted octanol–water partition coefficient (Wildman–Crippen LogP) is 4.45. The minimum Gasteiger partial charge on any atom is -0.439 e. The van der Waals surface area contributed by atoms with E-state index in [1.54, 1.807) is 6.20 Å². The highest BCUT2D eigenvalue weighted by molar-refractivity contribution is 14.1. The Hall–Kier alpha value is -0.0700. The van der Waals surface area contributed by atoms with Gasteiger partial charge in [-0.3, -0.25) is 0 Å². The Bertz CT molecular complexity index is 486. The normalized spacial score (nSPS) is 10.6. The Morgan fingerprint density at radius 3 is 2.93 bits per heavy atom. The van der Waals surface area contributed by atoms with Gasteiger partial charge in [0, 0.05) is 13.6 Å². The number of benzene rings is 1. The van der Waals surface area contributed by atoms with E-state index < -0.39 is 0 Å². The molecule has 2 nitrogen and oxygen atoms in total. The maximum Gasteiger partial charge on any atom is 0.209 e. The summed E-state index contributed by atoms with van der Waals surface area (Å²) < 4.78 is 7.61. The van der Waals surface area contributed by atoms with Crippen molar-refractivity contribution in [3.8, 4) is 11.3 Å². The molecule has 0 aliphatic heterocycles. The van der Waals surface area contributed by atoms with Gasteiger partial charge in [-0.15, -0.1) is 11.6 Å². The second-order valence-corrected chi connectivity index (χ2v) is 5.24. The fraction of sp³-hybridized carbons (Fsp3) is 0.100. The molecule has 0 N–H and O–H groups in total. The van der Waals surface area contributed by atoms with Crippen LogP contribution in [0.5, 0.6) is 0 Å². The Morgan fingerprint density at radius 2 is 2.27 bits per heavy atom. The molecular weight excluding hydrogens is 392 g/mol. The van der Waals surface area contributed by atoms with Gasteiger partial charge in [0.25, 0.3) is 0 Å². The van der Waals surface area contributed by atoms with Crippen LogP contribution in [0.25, 0.3) is 11.3 Å². The molecule has 0 saturated heterocycles. The molecule has 2 rings (SSSR count). The lowest BCUT2D eigenvalue weighted by atomic mass is 10.2. The molecule has 0 radical (unpaired) electrons. The summed E-state index contributed by atoms with van der Waals surface area (Å²) in [6.45, 7) is 0. The molecule has 15 heavy (non-hydrogen) atoms. The fourth-order valence-corrected chi connectivity index (χ4v) is 2.24. The largest absolute Gasteiger partial charge is 0.439 e. The summed E-state index contributed by atoms with van der Waals surface area (Å²) >= 11 is 11.4. The second-order valence-electron chi connectivity index (χ2n) is 2.88. The summed E-state index contributed by atoms with van der Waals surface area (Å²) in [5.41, 5.74) is 0.991. The van der Waals surface area contributed by atoms with Crippen LogP contribution in [-0.2, 0) is 5.88 Å². The molecule has 0 atom stereocenters. The van der Waals surface area contributed by atoms with Gasteiger partial charge in [-0.1, -0.05) is 15.9 Å². The molecule has 0 fully saturated rings. The number of halogens is 3. The van der Waals surface area contributed by atoms with Crippen molar-refractivity contribution in [2.75, 3.05) is 0 Å². The first kappa shape index (κ1) is 11.4. The number of hydrogen-bond acceptors (Lipinski definition) is 2. The van der Waals surface area contributed by atoms with Gasteiger partial charge in [0.15, 0.2) is 5.76 Å². The predicted molar refractivity (Wildman–Crippen MR) is 71.9 cm³/mol. The molecule has 1 heterocycles. The summed E-state index contributed by atoms with van der Waals surface area (Å²) in [6, 6.07) is 6.04. The van der Waals surface area contributed by atoms with Crippen molar-refractivity contribution in [2.24, 2.45) is 0 Å². The lowest BCUT2D eigenvalue weighted by Gasteiger charge is -2.00. The zero-order valence-corrected chi connectivity index (χ0v) is 12.0. The monoisotopic (exact) mass is 397 g/mol. The van der Waals surface area contributed by atoms with Crippen LogP contribution in [0, 0.1) is 3.57 Å². The lowest BCUT2D eigenvalue weighted by Crippen LogP contribution is -1.79. The van der Waals surface area contributed by atoms with Crippen molar-refractivity contribution >= 4 is 50.1 Å². The molecule has 0 bridgehead atoms. The van der Waals surface area contributed by atoms with Crippen LogP contribution in [0.1, 0.15) is 5.89 Å². The van der Waals surface area contributed by atoms with Gasteiger partial charge in [0.05, 0.1) is 12.1 Å². The molecule has 1 aromatic carbocycles. The van der Waals surface area contributed by atoms with Crippen LogP contribution in [0.2, 0.25) is 0 Å². The van der Waals surface area contributed by atoms with E-state index in [1.807, 2.05) is 18.2 Å². The average molecular weight is 398 g/mol. The van der Waals surface area contributed by atoms with E-state index in [2.05, 4.69) is 43.5 Å². The van der Waals surface area contributed by atoms with E-state index >= 15 is 0 Å². The Kier molecular flexibility index (Phi) is 3.69. The summed E-state index contributed by atoms with van der Waals surface area (Å²) in [6.07, 6.45) is 1.69. The van der Waals surface area contributed by atoms with E-state index in [1.165, 1.54) is 0 Å². The van der Waals surface area contributed by atoms with Crippen molar-refractivity contribution in [1.82, 2.24) is 4.98 Å². The van der Waals surface area contributed by atoms with Crippen molar-refractivity contribution in [3.63, 3.8) is 0 Å². The maximum absolute atomic E-state index is 5.63. The van der Waals surface area contributed by atoms with E-state index in [-0.39, 0.29) is 0 Å². The minimum atomic E-state index is 0.293. The van der Waals surface area contributed by atoms with Gasteiger partial charge in [-0.25, -0.2) is 4.98 Å². The molecular formula is C10H6BrClINO. The van der Waals surface area contributed by atoms with Crippen LogP contribution in [0.3, 0.4) is 0 Å². The van der Waals surface area contributed by atoms with Gasteiger partial charge < -0.3 is 4.42 Å².